The number of unbranched alkanes of at least 4 members (excludes halogenated alkanes) is 1. The van der Waals surface area contributed by atoms with E-state index in [0.717, 1.165) is 12.1 Å². The van der Waals surface area contributed by atoms with E-state index in [4.69, 9.17) is 0 Å². The van der Waals surface area contributed by atoms with Gasteiger partial charge in [-0.05, 0) is 43.0 Å². The Labute approximate surface area is 102 Å². The lowest BCUT2D eigenvalue weighted by atomic mass is 10.0. The van der Waals surface area contributed by atoms with Crippen LogP contribution in [0.3, 0.4) is 0 Å². The van der Waals surface area contributed by atoms with Crippen LogP contribution in [-0.2, 0) is 11.2 Å². The molecule has 0 aromatic heterocycles. The van der Waals surface area contributed by atoms with Crippen LogP contribution >= 0.6 is 0 Å². The number of amides is 1. The van der Waals surface area contributed by atoms with Crippen LogP contribution in [0.15, 0.2) is 23.3 Å². The summed E-state index contributed by atoms with van der Waals surface area (Å²) in [7, 11) is 0. The van der Waals surface area contributed by atoms with Gasteiger partial charge in [0.15, 0.2) is 0 Å². The summed E-state index contributed by atoms with van der Waals surface area (Å²) in [5, 5.41) is 5.56. The van der Waals surface area contributed by atoms with Crippen molar-refractivity contribution >= 4 is 17.8 Å². The van der Waals surface area contributed by atoms with Crippen molar-refractivity contribution in [3.63, 3.8) is 0 Å². The average Bonchev–Trinajstić information content (AvgIpc) is 2.74. The standard InChI is InChI=1S/C14H18N2O/c1-3-4-5-12-6-7-13(10-11(12)2)16-14(17)8-9-15-16/h6-7,9-10H,3-5,8H2,1-2H3. The highest BCUT2D eigenvalue weighted by molar-refractivity contribution is 6.05. The number of nitrogens with zero attached hydrogens (tertiary/aromatic N) is 2. The molecule has 0 N–H and O–H groups in total. The molecular formula is C14H18N2O. The Kier molecular flexibility index (Phi) is 3.57. The third-order valence-electron chi connectivity index (χ3n) is 3.07. The van der Waals surface area contributed by atoms with Gasteiger partial charge in [0, 0.05) is 6.21 Å². The molecule has 0 fully saturated rings. The highest BCUT2D eigenvalue weighted by Gasteiger charge is 2.18. The molecule has 0 unspecified atom stereocenters. The second-order valence-electron chi connectivity index (χ2n) is 4.42. The maximum absolute atomic E-state index is 11.5. The Morgan fingerprint density at radius 1 is 1.41 bits per heavy atom. The van der Waals surface area contributed by atoms with E-state index in [2.05, 4.69) is 25.0 Å². The zero-order valence-corrected chi connectivity index (χ0v) is 10.4. The van der Waals surface area contributed by atoms with E-state index in [-0.39, 0.29) is 5.91 Å². The number of hydrazone groups is 1. The van der Waals surface area contributed by atoms with Crippen molar-refractivity contribution in [3.05, 3.63) is 29.3 Å². The molecule has 1 aromatic carbocycles. The Bertz CT molecular complexity index is 452. The van der Waals surface area contributed by atoms with Crippen molar-refractivity contribution in [1.29, 1.82) is 0 Å². The molecule has 1 aliphatic rings. The minimum Gasteiger partial charge on any atom is -0.272 e. The normalized spacial score (nSPS) is 14.7. The second kappa shape index (κ2) is 5.13. The van der Waals surface area contributed by atoms with E-state index in [9.17, 15) is 4.79 Å². The fourth-order valence-electron chi connectivity index (χ4n) is 2.02. The number of carbonyl (C=O) groups is 1. The van der Waals surface area contributed by atoms with Gasteiger partial charge in [0.05, 0.1) is 12.1 Å². The molecule has 0 radical (unpaired) electrons. The molecule has 17 heavy (non-hydrogen) atoms. The van der Waals surface area contributed by atoms with Gasteiger partial charge in [-0.1, -0.05) is 19.4 Å². The number of benzene rings is 1. The average molecular weight is 230 g/mol. The van der Waals surface area contributed by atoms with Crippen molar-refractivity contribution in [2.75, 3.05) is 5.01 Å². The highest BCUT2D eigenvalue weighted by Crippen LogP contribution is 2.23. The van der Waals surface area contributed by atoms with E-state index < -0.39 is 0 Å². The maximum atomic E-state index is 11.5. The van der Waals surface area contributed by atoms with Gasteiger partial charge in [0.25, 0.3) is 5.91 Å². The SMILES string of the molecule is CCCCc1ccc(N2N=CCC2=O)cc1C. The molecule has 1 amide bonds. The topological polar surface area (TPSA) is 32.7 Å². The van der Waals surface area contributed by atoms with Gasteiger partial charge in [0.2, 0.25) is 0 Å². The Balaban J connectivity index is 2.18. The first-order valence-electron chi connectivity index (χ1n) is 6.17. The second-order valence-corrected chi connectivity index (χ2v) is 4.42. The summed E-state index contributed by atoms with van der Waals surface area (Å²) in [6.07, 6.45) is 5.59. The van der Waals surface area contributed by atoms with Gasteiger partial charge >= 0.3 is 0 Å². The molecule has 0 saturated heterocycles. The Morgan fingerprint density at radius 2 is 2.24 bits per heavy atom. The number of aryl methyl sites for hydroxylation is 2. The van der Waals surface area contributed by atoms with Gasteiger partial charge in [0.1, 0.15) is 0 Å². The predicted molar refractivity (Wildman–Crippen MR) is 70.4 cm³/mol. The minimum absolute atomic E-state index is 0.0470. The monoisotopic (exact) mass is 230 g/mol. The van der Waals surface area contributed by atoms with Gasteiger partial charge in [-0.2, -0.15) is 5.10 Å². The molecule has 0 bridgehead atoms. The van der Waals surface area contributed by atoms with Gasteiger partial charge in [-0.25, -0.2) is 5.01 Å². The zero-order valence-electron chi connectivity index (χ0n) is 10.4. The van der Waals surface area contributed by atoms with Crippen LogP contribution in [0.25, 0.3) is 0 Å². The van der Waals surface area contributed by atoms with Crippen LogP contribution in [0.4, 0.5) is 5.69 Å². The highest BCUT2D eigenvalue weighted by atomic mass is 16.2. The lowest BCUT2D eigenvalue weighted by molar-refractivity contribution is -0.116. The molecule has 0 aliphatic carbocycles. The van der Waals surface area contributed by atoms with Gasteiger partial charge < -0.3 is 0 Å². The largest absolute Gasteiger partial charge is 0.272 e. The summed E-state index contributed by atoms with van der Waals surface area (Å²) in [5.41, 5.74) is 3.48. The Hall–Kier alpha value is -1.64. The molecule has 1 heterocycles. The van der Waals surface area contributed by atoms with Crippen molar-refractivity contribution < 1.29 is 4.79 Å². The molecule has 0 atom stereocenters. The quantitative estimate of drug-likeness (QED) is 0.782. The van der Waals surface area contributed by atoms with Crippen LogP contribution in [0.1, 0.15) is 37.3 Å². The molecule has 2 rings (SSSR count). The van der Waals surface area contributed by atoms with E-state index in [0.29, 0.717) is 6.42 Å². The van der Waals surface area contributed by atoms with Crippen LogP contribution in [-0.4, -0.2) is 12.1 Å². The first kappa shape index (κ1) is 11.8. The smallest absolute Gasteiger partial charge is 0.252 e. The van der Waals surface area contributed by atoms with E-state index >= 15 is 0 Å². The zero-order chi connectivity index (χ0) is 12.3. The lowest BCUT2D eigenvalue weighted by Crippen LogP contribution is -2.19. The molecule has 90 valence electrons. The number of carbonyl (C=O) groups excluding carboxylic acids is 1. The summed E-state index contributed by atoms with van der Waals surface area (Å²) in [6.45, 7) is 4.29. The Morgan fingerprint density at radius 3 is 2.82 bits per heavy atom. The summed E-state index contributed by atoms with van der Waals surface area (Å²) in [6, 6.07) is 6.14. The summed E-state index contributed by atoms with van der Waals surface area (Å²) in [5.74, 6) is 0.0470. The molecular weight excluding hydrogens is 212 g/mol. The van der Waals surface area contributed by atoms with Crippen LogP contribution in [0.2, 0.25) is 0 Å². The third kappa shape index (κ3) is 2.54. The van der Waals surface area contributed by atoms with E-state index in [1.165, 1.54) is 29.0 Å². The molecule has 1 aromatic rings. The van der Waals surface area contributed by atoms with Crippen molar-refractivity contribution in [2.45, 2.75) is 39.5 Å². The van der Waals surface area contributed by atoms with E-state index in [1.54, 1.807) is 6.21 Å². The fourth-order valence-corrected chi connectivity index (χ4v) is 2.02. The number of hydrogen-bond donors (Lipinski definition) is 0. The summed E-state index contributed by atoms with van der Waals surface area (Å²) >= 11 is 0. The van der Waals surface area contributed by atoms with Crippen LogP contribution < -0.4 is 5.01 Å². The fraction of sp³-hybridized carbons (Fsp3) is 0.429. The first-order chi connectivity index (χ1) is 8.22. The molecule has 0 saturated carbocycles. The van der Waals surface area contributed by atoms with Gasteiger partial charge in [-0.3, -0.25) is 4.79 Å². The van der Waals surface area contributed by atoms with E-state index in [1.807, 2.05) is 12.1 Å². The molecule has 1 aliphatic heterocycles. The predicted octanol–water partition coefficient (Wildman–Crippen LogP) is 3.06. The third-order valence-corrected chi connectivity index (χ3v) is 3.07. The van der Waals surface area contributed by atoms with Crippen LogP contribution in [0.5, 0.6) is 0 Å². The van der Waals surface area contributed by atoms with Crippen molar-refractivity contribution in [2.24, 2.45) is 5.10 Å². The first-order valence-corrected chi connectivity index (χ1v) is 6.17. The number of rotatable bonds is 4. The van der Waals surface area contributed by atoms with Gasteiger partial charge in [-0.15, -0.1) is 0 Å². The number of anilines is 1. The summed E-state index contributed by atoms with van der Waals surface area (Å²) < 4.78 is 0. The maximum Gasteiger partial charge on any atom is 0.252 e. The molecule has 0 spiro atoms. The van der Waals surface area contributed by atoms with Crippen LogP contribution in [0, 0.1) is 6.92 Å². The van der Waals surface area contributed by atoms with Crippen molar-refractivity contribution in [1.82, 2.24) is 0 Å². The summed E-state index contributed by atoms with van der Waals surface area (Å²) in [4.78, 5) is 11.5. The minimum atomic E-state index is 0.0470. The molecule has 3 nitrogen and oxygen atoms in total. The lowest BCUT2D eigenvalue weighted by Gasteiger charge is -2.14. The van der Waals surface area contributed by atoms with Crippen molar-refractivity contribution in [3.8, 4) is 0 Å². The molecule has 3 heteroatoms. The number of hydrogen-bond acceptors (Lipinski definition) is 2.